The van der Waals surface area contributed by atoms with Gasteiger partial charge in [-0.05, 0) is 25.5 Å². The van der Waals surface area contributed by atoms with E-state index in [9.17, 15) is 18.5 Å². The average Bonchev–Trinajstić information content (AvgIpc) is 2.35. The maximum atomic E-state index is 12.2. The van der Waals surface area contributed by atoms with E-state index in [0.29, 0.717) is 17.5 Å². The maximum absolute atomic E-state index is 12.2. The Morgan fingerprint density at radius 2 is 2.15 bits per heavy atom. The lowest BCUT2D eigenvalue weighted by molar-refractivity contribution is -0.387. The molecule has 1 N–H and O–H groups in total. The largest absolute Gasteiger partial charge is 0.385 e. The SMILES string of the molecule is COCCC(C)NS(=O)(=O)c1cc(Br)ccc1[N+](=O)[O-]. The molecule has 0 saturated carbocycles. The Labute approximate surface area is 125 Å². The number of halogens is 1. The highest BCUT2D eigenvalue weighted by Crippen LogP contribution is 2.27. The quantitative estimate of drug-likeness (QED) is 0.588. The molecule has 1 atom stereocenters. The Bertz CT molecular complexity index is 590. The topological polar surface area (TPSA) is 98.5 Å². The number of nitro groups is 1. The van der Waals surface area contributed by atoms with Crippen molar-refractivity contribution in [1.29, 1.82) is 0 Å². The molecule has 0 aliphatic rings. The van der Waals surface area contributed by atoms with Crippen LogP contribution in [0.2, 0.25) is 0 Å². The van der Waals surface area contributed by atoms with Gasteiger partial charge in [0.25, 0.3) is 5.69 Å². The van der Waals surface area contributed by atoms with E-state index in [1.807, 2.05) is 0 Å². The van der Waals surface area contributed by atoms with Gasteiger partial charge >= 0.3 is 0 Å². The van der Waals surface area contributed by atoms with Gasteiger partial charge in [0.1, 0.15) is 0 Å². The fourth-order valence-electron chi connectivity index (χ4n) is 1.54. The molecular formula is C11H15BrN2O5S. The predicted octanol–water partition coefficient (Wildman–Crippen LogP) is 2.06. The van der Waals surface area contributed by atoms with Crippen molar-refractivity contribution in [3.8, 4) is 0 Å². The summed E-state index contributed by atoms with van der Waals surface area (Å²) in [5.41, 5.74) is -0.459. The first kappa shape index (κ1) is 17.0. The van der Waals surface area contributed by atoms with Crippen molar-refractivity contribution in [2.24, 2.45) is 0 Å². The van der Waals surface area contributed by atoms with Gasteiger partial charge in [-0.1, -0.05) is 15.9 Å². The first-order valence-electron chi connectivity index (χ1n) is 5.73. The van der Waals surface area contributed by atoms with Crippen molar-refractivity contribution < 1.29 is 18.1 Å². The Hall–Kier alpha value is -1.03. The minimum absolute atomic E-state index is 0.360. The number of hydrogen-bond donors (Lipinski definition) is 1. The summed E-state index contributed by atoms with van der Waals surface area (Å²) in [5.74, 6) is 0. The van der Waals surface area contributed by atoms with Gasteiger partial charge in [0.05, 0.1) is 4.92 Å². The van der Waals surface area contributed by atoms with E-state index < -0.39 is 26.7 Å². The van der Waals surface area contributed by atoms with Crippen molar-refractivity contribution in [2.75, 3.05) is 13.7 Å². The van der Waals surface area contributed by atoms with Crippen molar-refractivity contribution in [3.05, 3.63) is 32.8 Å². The lowest BCUT2D eigenvalue weighted by Gasteiger charge is -2.14. The first-order valence-corrected chi connectivity index (χ1v) is 8.00. The molecule has 0 amide bonds. The van der Waals surface area contributed by atoms with E-state index in [2.05, 4.69) is 20.7 Å². The summed E-state index contributed by atoms with van der Waals surface area (Å²) in [5, 5.41) is 10.9. The molecule has 0 saturated heterocycles. The van der Waals surface area contributed by atoms with Crippen LogP contribution in [0.5, 0.6) is 0 Å². The van der Waals surface area contributed by atoms with E-state index in [-0.39, 0.29) is 4.90 Å². The zero-order valence-electron chi connectivity index (χ0n) is 11.0. The minimum atomic E-state index is -3.97. The summed E-state index contributed by atoms with van der Waals surface area (Å²) in [6, 6.07) is 3.39. The van der Waals surface area contributed by atoms with Gasteiger partial charge in [0.15, 0.2) is 4.90 Å². The van der Waals surface area contributed by atoms with Crippen LogP contribution in [0.3, 0.4) is 0 Å². The molecule has 20 heavy (non-hydrogen) atoms. The van der Waals surface area contributed by atoms with Gasteiger partial charge < -0.3 is 4.74 Å². The molecule has 112 valence electrons. The van der Waals surface area contributed by atoms with Gasteiger partial charge in [-0.25, -0.2) is 13.1 Å². The number of nitrogens with one attached hydrogen (secondary N) is 1. The number of nitro benzene ring substituents is 1. The number of hydrogen-bond acceptors (Lipinski definition) is 5. The summed E-state index contributed by atoms with van der Waals surface area (Å²) in [6.45, 7) is 2.06. The van der Waals surface area contributed by atoms with Gasteiger partial charge in [-0.2, -0.15) is 0 Å². The van der Waals surface area contributed by atoms with Gasteiger partial charge in [0, 0.05) is 30.3 Å². The van der Waals surface area contributed by atoms with Crippen LogP contribution in [0, 0.1) is 10.1 Å². The molecule has 0 aromatic heterocycles. The van der Waals surface area contributed by atoms with E-state index in [0.717, 1.165) is 6.07 Å². The molecule has 1 aromatic carbocycles. The van der Waals surface area contributed by atoms with Gasteiger partial charge in [-0.15, -0.1) is 0 Å². The number of nitrogens with zero attached hydrogens (tertiary/aromatic N) is 1. The summed E-state index contributed by atoms with van der Waals surface area (Å²) >= 11 is 3.11. The van der Waals surface area contributed by atoms with Crippen LogP contribution < -0.4 is 4.72 Å². The minimum Gasteiger partial charge on any atom is -0.385 e. The summed E-state index contributed by atoms with van der Waals surface area (Å²) in [6.07, 6.45) is 0.470. The monoisotopic (exact) mass is 366 g/mol. The fraction of sp³-hybridized carbons (Fsp3) is 0.455. The van der Waals surface area contributed by atoms with Gasteiger partial charge in [0.2, 0.25) is 10.0 Å². The average molecular weight is 367 g/mol. The third-order valence-electron chi connectivity index (χ3n) is 2.52. The molecule has 0 heterocycles. The normalized spacial score (nSPS) is 13.2. The standard InChI is InChI=1S/C11H15BrN2O5S/c1-8(5-6-19-2)13-20(17,18)11-7-9(12)3-4-10(11)14(15)16/h3-4,7-8,13H,5-6H2,1-2H3. The smallest absolute Gasteiger partial charge is 0.289 e. The first-order chi connectivity index (χ1) is 9.27. The Kier molecular flexibility index (Phi) is 6.06. The molecule has 0 radical (unpaired) electrons. The maximum Gasteiger partial charge on any atom is 0.289 e. The van der Waals surface area contributed by atoms with Crippen LogP contribution in [0.1, 0.15) is 13.3 Å². The molecule has 1 unspecified atom stereocenters. The molecule has 9 heteroatoms. The second kappa shape index (κ2) is 7.11. The Balaban J connectivity index is 3.09. The Morgan fingerprint density at radius 1 is 1.50 bits per heavy atom. The molecule has 0 fully saturated rings. The van der Waals surface area contributed by atoms with Crippen LogP contribution in [-0.4, -0.2) is 33.1 Å². The van der Waals surface area contributed by atoms with Crippen molar-refractivity contribution in [3.63, 3.8) is 0 Å². The number of methoxy groups -OCH3 is 1. The number of sulfonamides is 1. The highest BCUT2D eigenvalue weighted by molar-refractivity contribution is 9.10. The fourth-order valence-corrected chi connectivity index (χ4v) is 3.52. The molecule has 0 spiro atoms. The summed E-state index contributed by atoms with van der Waals surface area (Å²) in [7, 11) is -2.45. The zero-order valence-corrected chi connectivity index (χ0v) is 13.4. The predicted molar refractivity (Wildman–Crippen MR) is 77.1 cm³/mol. The lowest BCUT2D eigenvalue weighted by Crippen LogP contribution is -2.33. The van der Waals surface area contributed by atoms with Crippen molar-refractivity contribution in [1.82, 2.24) is 4.72 Å². The number of benzene rings is 1. The number of rotatable bonds is 7. The van der Waals surface area contributed by atoms with Crippen LogP contribution in [0.15, 0.2) is 27.6 Å². The van der Waals surface area contributed by atoms with Crippen LogP contribution >= 0.6 is 15.9 Å². The molecule has 1 aromatic rings. The van der Waals surface area contributed by atoms with Crippen LogP contribution in [0.25, 0.3) is 0 Å². The Morgan fingerprint density at radius 3 is 2.70 bits per heavy atom. The van der Waals surface area contributed by atoms with Crippen LogP contribution in [0.4, 0.5) is 5.69 Å². The molecular weight excluding hydrogens is 352 g/mol. The van der Waals surface area contributed by atoms with E-state index in [1.54, 1.807) is 6.92 Å². The second-order valence-electron chi connectivity index (χ2n) is 4.17. The van der Waals surface area contributed by atoms with Crippen molar-refractivity contribution >= 4 is 31.6 Å². The summed E-state index contributed by atoms with van der Waals surface area (Å²) in [4.78, 5) is 9.83. The van der Waals surface area contributed by atoms with Gasteiger partial charge in [-0.3, -0.25) is 10.1 Å². The molecule has 0 aliphatic heterocycles. The van der Waals surface area contributed by atoms with Crippen LogP contribution in [-0.2, 0) is 14.8 Å². The third-order valence-corrected chi connectivity index (χ3v) is 4.63. The van der Waals surface area contributed by atoms with E-state index >= 15 is 0 Å². The third kappa shape index (κ3) is 4.51. The highest BCUT2D eigenvalue weighted by atomic mass is 79.9. The zero-order chi connectivity index (χ0) is 15.3. The second-order valence-corrected chi connectivity index (χ2v) is 6.77. The lowest BCUT2D eigenvalue weighted by atomic mass is 10.3. The molecule has 7 nitrogen and oxygen atoms in total. The van der Waals surface area contributed by atoms with E-state index in [4.69, 9.17) is 4.74 Å². The molecule has 0 aliphatic carbocycles. The molecule has 0 bridgehead atoms. The number of ether oxygens (including phenoxy) is 1. The summed E-state index contributed by atoms with van der Waals surface area (Å²) < 4.78 is 32.1. The van der Waals surface area contributed by atoms with E-state index in [1.165, 1.54) is 19.2 Å². The highest BCUT2D eigenvalue weighted by Gasteiger charge is 2.27. The molecule has 1 rings (SSSR count). The van der Waals surface area contributed by atoms with Crippen molar-refractivity contribution in [2.45, 2.75) is 24.3 Å².